The van der Waals surface area contributed by atoms with Crippen molar-refractivity contribution in [2.75, 3.05) is 0 Å². The molecule has 0 aliphatic heterocycles. The highest BCUT2D eigenvalue weighted by Gasteiger charge is 1.93. The van der Waals surface area contributed by atoms with E-state index >= 15 is 0 Å². The van der Waals surface area contributed by atoms with Crippen LogP contribution >= 0.6 is 15.9 Å². The van der Waals surface area contributed by atoms with Gasteiger partial charge in [-0.2, -0.15) is 5.10 Å². The molecule has 0 atom stereocenters. The van der Waals surface area contributed by atoms with Gasteiger partial charge in [-0.15, -0.1) is 0 Å². The molecule has 0 saturated carbocycles. The molecule has 1 aromatic rings. The van der Waals surface area contributed by atoms with E-state index in [-0.39, 0.29) is 0 Å². The average Bonchev–Trinajstić information content (AvgIpc) is 2.31. The molecular formula is C4H4BrN5. The standard InChI is InChI=1S/C4H4BrN5/c5-4-1-3(8-9-4)2-7-10-6/h1H,2H2,(H,8,9). The van der Waals surface area contributed by atoms with Crippen molar-refractivity contribution >= 4 is 15.9 Å². The fourth-order valence-electron chi connectivity index (χ4n) is 0.522. The molecule has 0 amide bonds. The van der Waals surface area contributed by atoms with Crippen LogP contribution < -0.4 is 0 Å². The van der Waals surface area contributed by atoms with Crippen molar-refractivity contribution in [3.63, 3.8) is 0 Å². The minimum absolute atomic E-state index is 0.315. The fourth-order valence-corrected chi connectivity index (χ4v) is 0.887. The molecule has 1 aromatic heterocycles. The van der Waals surface area contributed by atoms with Gasteiger partial charge in [0.25, 0.3) is 0 Å². The number of rotatable bonds is 2. The zero-order chi connectivity index (χ0) is 7.40. The van der Waals surface area contributed by atoms with Gasteiger partial charge in [-0.25, -0.2) is 0 Å². The Balaban J connectivity index is 2.66. The minimum atomic E-state index is 0.315. The lowest BCUT2D eigenvalue weighted by atomic mass is 10.4. The number of aromatic amines is 1. The first kappa shape index (κ1) is 7.11. The minimum Gasteiger partial charge on any atom is -0.281 e. The van der Waals surface area contributed by atoms with Crippen molar-refractivity contribution in [1.29, 1.82) is 0 Å². The number of H-pyrrole nitrogens is 1. The average molecular weight is 202 g/mol. The first-order valence-corrected chi connectivity index (χ1v) is 3.33. The van der Waals surface area contributed by atoms with Crippen LogP contribution in [0.1, 0.15) is 5.69 Å². The van der Waals surface area contributed by atoms with Crippen molar-refractivity contribution in [3.05, 3.63) is 26.8 Å². The zero-order valence-electron chi connectivity index (χ0n) is 4.95. The van der Waals surface area contributed by atoms with Crippen LogP contribution in [0.2, 0.25) is 0 Å². The van der Waals surface area contributed by atoms with Gasteiger partial charge in [0.2, 0.25) is 0 Å². The number of azide groups is 1. The molecule has 0 radical (unpaired) electrons. The zero-order valence-corrected chi connectivity index (χ0v) is 6.54. The van der Waals surface area contributed by atoms with Gasteiger partial charge >= 0.3 is 0 Å². The van der Waals surface area contributed by atoms with Gasteiger partial charge in [-0.05, 0) is 27.5 Å². The summed E-state index contributed by atoms with van der Waals surface area (Å²) in [5.74, 6) is 0. The maximum atomic E-state index is 7.95. The van der Waals surface area contributed by atoms with Crippen molar-refractivity contribution in [2.45, 2.75) is 6.54 Å². The number of hydrogen-bond donors (Lipinski definition) is 1. The summed E-state index contributed by atoms with van der Waals surface area (Å²) in [5.41, 5.74) is 8.74. The van der Waals surface area contributed by atoms with Crippen LogP contribution in [0.4, 0.5) is 0 Å². The van der Waals surface area contributed by atoms with E-state index in [0.717, 1.165) is 10.3 Å². The van der Waals surface area contributed by atoms with Crippen LogP contribution in [0, 0.1) is 0 Å². The largest absolute Gasteiger partial charge is 0.281 e. The highest BCUT2D eigenvalue weighted by molar-refractivity contribution is 9.10. The molecule has 6 heteroatoms. The lowest BCUT2D eigenvalue weighted by molar-refractivity contribution is 0.935. The first-order chi connectivity index (χ1) is 4.83. The highest BCUT2D eigenvalue weighted by Crippen LogP contribution is 2.06. The summed E-state index contributed by atoms with van der Waals surface area (Å²) in [7, 11) is 0. The van der Waals surface area contributed by atoms with Gasteiger partial charge in [-0.3, -0.25) is 5.10 Å². The molecule has 0 spiro atoms. The molecule has 1 heterocycles. The van der Waals surface area contributed by atoms with Gasteiger partial charge in [-0.1, -0.05) is 5.11 Å². The number of nitrogens with one attached hydrogen (secondary N) is 1. The Labute approximate surface area is 65.2 Å². The third-order valence-electron chi connectivity index (χ3n) is 0.904. The van der Waals surface area contributed by atoms with Crippen LogP contribution in [0.5, 0.6) is 0 Å². The molecule has 0 fully saturated rings. The number of hydrogen-bond acceptors (Lipinski definition) is 2. The van der Waals surface area contributed by atoms with Gasteiger partial charge < -0.3 is 0 Å². The second-order valence-corrected chi connectivity index (χ2v) is 2.42. The summed E-state index contributed by atoms with van der Waals surface area (Å²) >= 11 is 3.15. The Morgan fingerprint density at radius 2 is 2.70 bits per heavy atom. The van der Waals surface area contributed by atoms with Crippen LogP contribution in [0.3, 0.4) is 0 Å². The quantitative estimate of drug-likeness (QED) is 0.444. The molecule has 0 saturated heterocycles. The predicted molar refractivity (Wildman–Crippen MR) is 39.1 cm³/mol. The van der Waals surface area contributed by atoms with E-state index in [9.17, 15) is 0 Å². The van der Waals surface area contributed by atoms with Crippen LogP contribution in [-0.4, -0.2) is 10.2 Å². The van der Waals surface area contributed by atoms with Crippen molar-refractivity contribution in [1.82, 2.24) is 10.2 Å². The maximum absolute atomic E-state index is 7.95. The van der Waals surface area contributed by atoms with Crippen molar-refractivity contribution in [3.8, 4) is 0 Å². The van der Waals surface area contributed by atoms with Gasteiger partial charge in [0, 0.05) is 10.6 Å². The summed E-state index contributed by atoms with van der Waals surface area (Å²) in [4.78, 5) is 2.60. The lowest BCUT2D eigenvalue weighted by Gasteiger charge is -1.80. The Kier molecular flexibility index (Phi) is 2.30. The highest BCUT2D eigenvalue weighted by atomic mass is 79.9. The maximum Gasteiger partial charge on any atom is 0.128 e. The number of aromatic nitrogens is 2. The molecular weight excluding hydrogens is 198 g/mol. The third-order valence-corrected chi connectivity index (χ3v) is 1.31. The topological polar surface area (TPSA) is 77.4 Å². The first-order valence-electron chi connectivity index (χ1n) is 2.53. The number of nitrogens with zero attached hydrogens (tertiary/aromatic N) is 4. The molecule has 10 heavy (non-hydrogen) atoms. The molecule has 1 N–H and O–H groups in total. The molecule has 0 aliphatic carbocycles. The number of halogens is 1. The summed E-state index contributed by atoms with van der Waals surface area (Å²) < 4.78 is 0.718. The lowest BCUT2D eigenvalue weighted by Crippen LogP contribution is -1.77. The Hall–Kier alpha value is -1.00. The van der Waals surface area contributed by atoms with E-state index in [1.165, 1.54) is 0 Å². The molecule has 0 aromatic carbocycles. The smallest absolute Gasteiger partial charge is 0.128 e. The van der Waals surface area contributed by atoms with Gasteiger partial charge in [0.15, 0.2) is 0 Å². The molecule has 0 unspecified atom stereocenters. The second kappa shape index (κ2) is 3.24. The predicted octanol–water partition coefficient (Wildman–Crippen LogP) is 1.98. The molecule has 0 aliphatic rings. The van der Waals surface area contributed by atoms with Crippen molar-refractivity contribution in [2.24, 2.45) is 5.11 Å². The monoisotopic (exact) mass is 201 g/mol. The van der Waals surface area contributed by atoms with E-state index in [4.69, 9.17) is 5.53 Å². The Bertz CT molecular complexity index is 260. The van der Waals surface area contributed by atoms with Gasteiger partial charge in [0.1, 0.15) is 4.60 Å². The summed E-state index contributed by atoms with van der Waals surface area (Å²) in [6, 6.07) is 1.76. The molecule has 5 nitrogen and oxygen atoms in total. The molecule has 52 valence electrons. The van der Waals surface area contributed by atoms with E-state index < -0.39 is 0 Å². The van der Waals surface area contributed by atoms with E-state index in [2.05, 4.69) is 36.2 Å². The van der Waals surface area contributed by atoms with Crippen LogP contribution in [0.25, 0.3) is 10.4 Å². The Morgan fingerprint density at radius 1 is 1.90 bits per heavy atom. The van der Waals surface area contributed by atoms with E-state index in [1.54, 1.807) is 6.07 Å². The molecule has 1 rings (SSSR count). The van der Waals surface area contributed by atoms with Crippen molar-refractivity contribution < 1.29 is 0 Å². The van der Waals surface area contributed by atoms with E-state index in [0.29, 0.717) is 6.54 Å². The fraction of sp³-hybridized carbons (Fsp3) is 0.250. The van der Waals surface area contributed by atoms with Crippen LogP contribution in [0.15, 0.2) is 15.8 Å². The van der Waals surface area contributed by atoms with Gasteiger partial charge in [0.05, 0.1) is 6.54 Å². The Morgan fingerprint density at radius 3 is 3.20 bits per heavy atom. The summed E-state index contributed by atoms with van der Waals surface area (Å²) in [6.45, 7) is 0.315. The molecule has 0 bridgehead atoms. The normalized spacial score (nSPS) is 8.90. The van der Waals surface area contributed by atoms with E-state index in [1.807, 2.05) is 0 Å². The third kappa shape index (κ3) is 1.75. The summed E-state index contributed by atoms with van der Waals surface area (Å²) in [5, 5.41) is 9.80. The summed E-state index contributed by atoms with van der Waals surface area (Å²) in [6.07, 6.45) is 0. The second-order valence-electron chi connectivity index (χ2n) is 1.60. The van der Waals surface area contributed by atoms with Crippen LogP contribution in [-0.2, 0) is 6.54 Å². The SMILES string of the molecule is [N-]=[N+]=NCc1cc(Br)n[nH]1.